The zero-order valence-corrected chi connectivity index (χ0v) is 6.30. The molecule has 0 atom stereocenters. The largest absolute Gasteiger partial charge is 0.322 e. The van der Waals surface area contributed by atoms with Gasteiger partial charge in [0.1, 0.15) is 6.07 Å². The fourth-order valence-corrected chi connectivity index (χ4v) is 0.698. The second-order valence-electron chi connectivity index (χ2n) is 2.24. The van der Waals surface area contributed by atoms with Crippen molar-refractivity contribution in [2.24, 2.45) is 0 Å². The Morgan fingerprint density at radius 2 is 2.18 bits per heavy atom. The third-order valence-corrected chi connectivity index (χ3v) is 1.44. The van der Waals surface area contributed by atoms with Crippen molar-refractivity contribution in [3.05, 3.63) is 27.4 Å². The molecule has 0 aliphatic rings. The quantitative estimate of drug-likeness (QED) is 0.575. The van der Waals surface area contributed by atoms with Crippen LogP contribution in [0.2, 0.25) is 0 Å². The first-order chi connectivity index (χ1) is 5.15. The average molecular weight is 149 g/mol. The Morgan fingerprint density at radius 3 is 2.73 bits per heavy atom. The lowest BCUT2D eigenvalue weighted by atomic mass is 10.3. The standard InChI is InChI=1S/C7H7N3O/c1-4-5(2)10-7(11)6(3-8)9-4/h1-2H3,(H,10,11). The minimum atomic E-state index is -0.421. The first-order valence-electron chi connectivity index (χ1n) is 3.12. The molecule has 11 heavy (non-hydrogen) atoms. The van der Waals surface area contributed by atoms with Crippen LogP contribution >= 0.6 is 0 Å². The molecule has 1 aromatic rings. The number of aromatic nitrogens is 2. The average Bonchev–Trinajstić information content (AvgIpc) is 1.97. The Hall–Kier alpha value is -1.63. The van der Waals surface area contributed by atoms with Crippen LogP contribution in [0.1, 0.15) is 17.1 Å². The highest BCUT2D eigenvalue weighted by Crippen LogP contribution is 1.94. The summed E-state index contributed by atoms with van der Waals surface area (Å²) >= 11 is 0. The van der Waals surface area contributed by atoms with Gasteiger partial charge in [0.25, 0.3) is 5.56 Å². The molecule has 0 saturated carbocycles. The molecule has 4 heteroatoms. The van der Waals surface area contributed by atoms with Gasteiger partial charge in [-0.05, 0) is 13.8 Å². The summed E-state index contributed by atoms with van der Waals surface area (Å²) in [5.74, 6) is 0. The van der Waals surface area contributed by atoms with Crippen molar-refractivity contribution in [1.82, 2.24) is 9.97 Å². The monoisotopic (exact) mass is 149 g/mol. The van der Waals surface area contributed by atoms with Crippen molar-refractivity contribution in [3.8, 4) is 6.07 Å². The van der Waals surface area contributed by atoms with Crippen LogP contribution in [-0.4, -0.2) is 9.97 Å². The molecule has 0 aliphatic carbocycles. The molecule has 1 N–H and O–H groups in total. The molecule has 4 nitrogen and oxygen atoms in total. The molecule has 0 aliphatic heterocycles. The molecule has 56 valence electrons. The summed E-state index contributed by atoms with van der Waals surface area (Å²) in [6.07, 6.45) is 0. The fraction of sp³-hybridized carbons (Fsp3) is 0.286. The maximum Gasteiger partial charge on any atom is 0.284 e. The maximum atomic E-state index is 10.9. The normalized spacial score (nSPS) is 9.18. The van der Waals surface area contributed by atoms with Crippen molar-refractivity contribution in [1.29, 1.82) is 5.26 Å². The number of rotatable bonds is 0. The molecule has 1 heterocycles. The van der Waals surface area contributed by atoms with Crippen molar-refractivity contribution >= 4 is 0 Å². The number of nitriles is 1. The first-order valence-corrected chi connectivity index (χ1v) is 3.12. The molecule has 0 saturated heterocycles. The number of hydrogen-bond donors (Lipinski definition) is 1. The van der Waals surface area contributed by atoms with E-state index in [1.807, 2.05) is 0 Å². The topological polar surface area (TPSA) is 69.5 Å². The second-order valence-corrected chi connectivity index (χ2v) is 2.24. The van der Waals surface area contributed by atoms with E-state index >= 15 is 0 Å². The summed E-state index contributed by atoms with van der Waals surface area (Å²) in [5, 5.41) is 8.40. The molecule has 0 aromatic carbocycles. The third kappa shape index (κ3) is 1.27. The summed E-state index contributed by atoms with van der Waals surface area (Å²) in [6.45, 7) is 3.48. The van der Waals surface area contributed by atoms with E-state index in [0.717, 1.165) is 0 Å². The molecule has 0 unspecified atom stereocenters. The molecule has 0 amide bonds. The van der Waals surface area contributed by atoms with Gasteiger partial charge in [0, 0.05) is 5.69 Å². The predicted octanol–water partition coefficient (Wildman–Crippen LogP) is 0.258. The second kappa shape index (κ2) is 2.54. The highest BCUT2D eigenvalue weighted by atomic mass is 16.1. The van der Waals surface area contributed by atoms with E-state index < -0.39 is 5.56 Å². The van der Waals surface area contributed by atoms with Crippen LogP contribution in [0.5, 0.6) is 0 Å². The molecule has 1 rings (SSSR count). The number of H-pyrrole nitrogens is 1. The summed E-state index contributed by atoms with van der Waals surface area (Å²) in [4.78, 5) is 17.2. The summed E-state index contributed by atoms with van der Waals surface area (Å²) in [7, 11) is 0. The lowest BCUT2D eigenvalue weighted by molar-refractivity contribution is 0.991. The van der Waals surface area contributed by atoms with Gasteiger partial charge in [0.05, 0.1) is 5.69 Å². The van der Waals surface area contributed by atoms with Crippen LogP contribution in [0.4, 0.5) is 0 Å². The molecule has 0 spiro atoms. The van der Waals surface area contributed by atoms with Gasteiger partial charge in [0.15, 0.2) is 0 Å². The number of nitrogens with zero attached hydrogens (tertiary/aromatic N) is 2. The van der Waals surface area contributed by atoms with E-state index in [4.69, 9.17) is 5.26 Å². The lowest BCUT2D eigenvalue weighted by Crippen LogP contribution is -2.15. The molecular formula is C7H7N3O. The van der Waals surface area contributed by atoms with Gasteiger partial charge in [-0.3, -0.25) is 4.79 Å². The van der Waals surface area contributed by atoms with Gasteiger partial charge < -0.3 is 4.98 Å². The van der Waals surface area contributed by atoms with E-state index in [9.17, 15) is 4.79 Å². The Labute approximate surface area is 63.5 Å². The van der Waals surface area contributed by atoms with Crippen molar-refractivity contribution in [2.75, 3.05) is 0 Å². The van der Waals surface area contributed by atoms with Crippen LogP contribution in [0.3, 0.4) is 0 Å². The van der Waals surface area contributed by atoms with Crippen LogP contribution in [0.25, 0.3) is 0 Å². The summed E-state index contributed by atoms with van der Waals surface area (Å²) in [5.41, 5.74) is 0.888. The number of hydrogen-bond acceptors (Lipinski definition) is 3. The predicted molar refractivity (Wildman–Crippen MR) is 39.0 cm³/mol. The first kappa shape index (κ1) is 7.48. The van der Waals surface area contributed by atoms with E-state index in [1.54, 1.807) is 19.9 Å². The summed E-state index contributed by atoms with van der Waals surface area (Å²) < 4.78 is 0. The van der Waals surface area contributed by atoms with Gasteiger partial charge in [-0.15, -0.1) is 0 Å². The Balaban J connectivity index is 3.48. The smallest absolute Gasteiger partial charge is 0.284 e. The zero-order valence-electron chi connectivity index (χ0n) is 6.30. The van der Waals surface area contributed by atoms with Crippen molar-refractivity contribution < 1.29 is 0 Å². The van der Waals surface area contributed by atoms with Gasteiger partial charge >= 0.3 is 0 Å². The minimum absolute atomic E-state index is 0.0758. The van der Waals surface area contributed by atoms with Gasteiger partial charge in [0.2, 0.25) is 5.69 Å². The van der Waals surface area contributed by atoms with Crippen LogP contribution in [0.15, 0.2) is 4.79 Å². The lowest BCUT2D eigenvalue weighted by Gasteiger charge is -1.96. The summed E-state index contributed by atoms with van der Waals surface area (Å²) in [6, 6.07) is 1.71. The van der Waals surface area contributed by atoms with Crippen LogP contribution in [0, 0.1) is 25.2 Å². The maximum absolute atomic E-state index is 10.9. The van der Waals surface area contributed by atoms with Crippen molar-refractivity contribution in [2.45, 2.75) is 13.8 Å². The molecule has 0 fully saturated rings. The van der Waals surface area contributed by atoms with Gasteiger partial charge in [-0.2, -0.15) is 5.26 Å². The zero-order chi connectivity index (χ0) is 8.43. The van der Waals surface area contributed by atoms with E-state index in [1.165, 1.54) is 0 Å². The third-order valence-electron chi connectivity index (χ3n) is 1.44. The Bertz CT molecular complexity index is 372. The van der Waals surface area contributed by atoms with E-state index in [2.05, 4.69) is 9.97 Å². The molecule has 1 aromatic heterocycles. The number of aryl methyl sites for hydroxylation is 2. The van der Waals surface area contributed by atoms with Gasteiger partial charge in [-0.25, -0.2) is 4.98 Å². The molecular weight excluding hydrogens is 142 g/mol. The number of aromatic amines is 1. The SMILES string of the molecule is Cc1nc(C#N)c(=O)[nH]c1C. The minimum Gasteiger partial charge on any atom is -0.322 e. The Kier molecular flexibility index (Phi) is 1.73. The van der Waals surface area contributed by atoms with Crippen LogP contribution in [-0.2, 0) is 0 Å². The Morgan fingerprint density at radius 1 is 1.55 bits per heavy atom. The van der Waals surface area contributed by atoms with E-state index in [-0.39, 0.29) is 5.69 Å². The van der Waals surface area contributed by atoms with Gasteiger partial charge in [-0.1, -0.05) is 0 Å². The highest BCUT2D eigenvalue weighted by molar-refractivity contribution is 5.20. The van der Waals surface area contributed by atoms with Crippen molar-refractivity contribution in [3.63, 3.8) is 0 Å². The molecule has 0 bridgehead atoms. The van der Waals surface area contributed by atoms with E-state index in [0.29, 0.717) is 11.4 Å². The van der Waals surface area contributed by atoms with Crippen LogP contribution < -0.4 is 5.56 Å². The number of nitrogens with one attached hydrogen (secondary N) is 1. The fourth-order valence-electron chi connectivity index (χ4n) is 0.698. The molecule has 0 radical (unpaired) electrons. The highest BCUT2D eigenvalue weighted by Gasteiger charge is 2.01.